The first-order valence-corrected chi connectivity index (χ1v) is 9.72. The highest BCUT2D eigenvalue weighted by atomic mass is 16.5. The van der Waals surface area contributed by atoms with Crippen LogP contribution in [-0.2, 0) is 0 Å². The Morgan fingerprint density at radius 2 is 1.86 bits per heavy atom. The van der Waals surface area contributed by atoms with Gasteiger partial charge >= 0.3 is 5.97 Å². The van der Waals surface area contributed by atoms with Crippen molar-refractivity contribution in [2.24, 2.45) is 0 Å². The smallest absolute Gasteiger partial charge is 0.336 e. The van der Waals surface area contributed by atoms with E-state index in [1.165, 1.54) is 6.07 Å². The summed E-state index contributed by atoms with van der Waals surface area (Å²) in [7, 11) is 0. The number of anilines is 1. The molecule has 0 unspecified atom stereocenters. The minimum atomic E-state index is -1.03. The number of nitrogens with one attached hydrogen (secondary N) is 1. The Hall–Kier alpha value is -3.22. The molecule has 0 bridgehead atoms. The molecule has 1 fully saturated rings. The number of aromatic nitrogens is 2. The maximum absolute atomic E-state index is 13.3. The van der Waals surface area contributed by atoms with E-state index in [9.17, 15) is 14.7 Å². The second-order valence-corrected chi connectivity index (χ2v) is 8.01. The second-order valence-electron chi connectivity index (χ2n) is 8.01. The molecule has 3 aromatic rings. The highest BCUT2D eigenvalue weighted by molar-refractivity contribution is 6.13. The molecular weight excluding hydrogens is 370 g/mol. The normalized spacial score (nSPS) is 13.8. The van der Waals surface area contributed by atoms with Crippen molar-refractivity contribution in [1.82, 2.24) is 10.1 Å². The number of rotatable bonds is 5. The number of aryl methyl sites for hydroxylation is 2. The lowest BCUT2D eigenvalue weighted by molar-refractivity contribution is 0.0695. The maximum atomic E-state index is 13.3. The van der Waals surface area contributed by atoms with E-state index in [0.29, 0.717) is 39.5 Å². The molecule has 0 saturated heterocycles. The van der Waals surface area contributed by atoms with Crippen LogP contribution in [0.2, 0.25) is 0 Å². The summed E-state index contributed by atoms with van der Waals surface area (Å²) >= 11 is 0. The quantitative estimate of drug-likeness (QED) is 0.645. The number of amides is 1. The van der Waals surface area contributed by atoms with Crippen molar-refractivity contribution in [2.75, 3.05) is 5.32 Å². The Morgan fingerprint density at radius 3 is 2.48 bits per heavy atom. The number of carbonyl (C=O) groups is 2. The molecule has 0 aliphatic heterocycles. The van der Waals surface area contributed by atoms with Crippen LogP contribution in [0.5, 0.6) is 0 Å². The van der Waals surface area contributed by atoms with E-state index < -0.39 is 5.97 Å². The van der Waals surface area contributed by atoms with Gasteiger partial charge in [0.2, 0.25) is 0 Å². The first-order valence-electron chi connectivity index (χ1n) is 9.72. The number of fused-ring (bicyclic) bond motifs is 1. The zero-order chi connectivity index (χ0) is 20.9. The van der Waals surface area contributed by atoms with Gasteiger partial charge in [-0.1, -0.05) is 25.1 Å². The van der Waals surface area contributed by atoms with E-state index in [-0.39, 0.29) is 17.4 Å². The van der Waals surface area contributed by atoms with Gasteiger partial charge in [-0.15, -0.1) is 0 Å². The summed E-state index contributed by atoms with van der Waals surface area (Å²) in [5.41, 5.74) is 4.43. The minimum Gasteiger partial charge on any atom is -0.478 e. The highest BCUT2D eigenvalue weighted by Crippen LogP contribution is 2.41. The SMILES string of the molecule is Cc1cc(C)c(C(=O)O)cc1NC(=O)c1cc(C2CC2)nc2onc(C(C)C)c12. The topological polar surface area (TPSA) is 105 Å². The summed E-state index contributed by atoms with van der Waals surface area (Å²) in [5.74, 6) is -0.941. The molecular formula is C22H23N3O4. The zero-order valence-electron chi connectivity index (χ0n) is 16.9. The number of carboxylic acids is 1. The van der Waals surface area contributed by atoms with Crippen molar-refractivity contribution in [3.05, 3.63) is 51.8 Å². The third-order valence-electron chi connectivity index (χ3n) is 5.33. The van der Waals surface area contributed by atoms with Crippen molar-refractivity contribution in [3.8, 4) is 0 Å². The van der Waals surface area contributed by atoms with Crippen LogP contribution in [0.25, 0.3) is 11.1 Å². The highest BCUT2D eigenvalue weighted by Gasteiger charge is 2.29. The van der Waals surface area contributed by atoms with Gasteiger partial charge in [0.25, 0.3) is 11.6 Å². The van der Waals surface area contributed by atoms with Crippen molar-refractivity contribution in [1.29, 1.82) is 0 Å². The maximum Gasteiger partial charge on any atom is 0.336 e. The van der Waals surface area contributed by atoms with Gasteiger partial charge in [-0.05, 0) is 55.9 Å². The van der Waals surface area contributed by atoms with Crippen LogP contribution >= 0.6 is 0 Å². The molecule has 2 N–H and O–H groups in total. The molecule has 0 radical (unpaired) electrons. The van der Waals surface area contributed by atoms with Gasteiger partial charge < -0.3 is 14.9 Å². The molecule has 7 heteroatoms. The summed E-state index contributed by atoms with van der Waals surface area (Å²) in [6, 6.07) is 5.08. The molecule has 1 aliphatic rings. The van der Waals surface area contributed by atoms with Crippen molar-refractivity contribution in [3.63, 3.8) is 0 Å². The van der Waals surface area contributed by atoms with Gasteiger partial charge in [0.1, 0.15) is 0 Å². The number of aromatic carboxylic acids is 1. The average molecular weight is 393 g/mol. The Bertz CT molecular complexity index is 1140. The van der Waals surface area contributed by atoms with Gasteiger partial charge in [0.15, 0.2) is 0 Å². The van der Waals surface area contributed by atoms with E-state index in [1.54, 1.807) is 13.0 Å². The minimum absolute atomic E-state index is 0.0658. The number of carbonyl (C=O) groups excluding carboxylic acids is 1. The van der Waals surface area contributed by atoms with Gasteiger partial charge in [0.05, 0.1) is 22.2 Å². The Balaban J connectivity index is 1.80. The first-order chi connectivity index (χ1) is 13.8. The molecule has 1 saturated carbocycles. The van der Waals surface area contributed by atoms with Crippen LogP contribution in [0.3, 0.4) is 0 Å². The Kier molecular flexibility index (Phi) is 4.61. The summed E-state index contributed by atoms with van der Waals surface area (Å²) in [5, 5.41) is 17.0. The number of pyridine rings is 1. The van der Waals surface area contributed by atoms with E-state index in [0.717, 1.165) is 24.1 Å². The molecule has 1 aliphatic carbocycles. The van der Waals surface area contributed by atoms with Crippen LogP contribution in [0.15, 0.2) is 22.7 Å². The van der Waals surface area contributed by atoms with E-state index in [1.807, 2.05) is 26.8 Å². The predicted molar refractivity (Wildman–Crippen MR) is 109 cm³/mol. The third kappa shape index (κ3) is 3.48. The number of benzene rings is 1. The van der Waals surface area contributed by atoms with E-state index in [2.05, 4.69) is 15.5 Å². The molecule has 2 aromatic heterocycles. The number of hydrogen-bond donors (Lipinski definition) is 2. The fourth-order valence-corrected chi connectivity index (χ4v) is 3.56. The second kappa shape index (κ2) is 6.99. The molecule has 2 heterocycles. The lowest BCUT2D eigenvalue weighted by Gasteiger charge is -2.13. The third-order valence-corrected chi connectivity index (χ3v) is 5.33. The Labute approximate surface area is 168 Å². The van der Waals surface area contributed by atoms with Gasteiger partial charge in [0, 0.05) is 17.3 Å². The van der Waals surface area contributed by atoms with Gasteiger partial charge in [-0.25, -0.2) is 9.78 Å². The monoisotopic (exact) mass is 393 g/mol. The van der Waals surface area contributed by atoms with Crippen molar-refractivity contribution >= 4 is 28.7 Å². The van der Waals surface area contributed by atoms with E-state index >= 15 is 0 Å². The summed E-state index contributed by atoms with van der Waals surface area (Å²) in [6.45, 7) is 7.54. The number of nitrogens with zero attached hydrogens (tertiary/aromatic N) is 2. The largest absolute Gasteiger partial charge is 0.478 e. The summed E-state index contributed by atoms with van der Waals surface area (Å²) < 4.78 is 5.44. The molecule has 0 atom stereocenters. The summed E-state index contributed by atoms with van der Waals surface area (Å²) in [6.07, 6.45) is 2.09. The molecule has 150 valence electrons. The lowest BCUT2D eigenvalue weighted by atomic mass is 10.0. The lowest BCUT2D eigenvalue weighted by Crippen LogP contribution is -2.15. The van der Waals surface area contributed by atoms with Crippen molar-refractivity contribution in [2.45, 2.75) is 52.4 Å². The zero-order valence-corrected chi connectivity index (χ0v) is 16.9. The molecule has 29 heavy (non-hydrogen) atoms. The predicted octanol–water partition coefficient (Wildman–Crippen LogP) is 4.79. The van der Waals surface area contributed by atoms with Crippen LogP contribution in [0, 0.1) is 13.8 Å². The standard InChI is InChI=1S/C22H23N3O4/c1-10(2)19-18-15(9-17(13-5-6-13)24-21(18)29-25-19)20(26)23-16-8-14(22(27)28)11(3)7-12(16)4/h7-10,13H,5-6H2,1-4H3,(H,23,26)(H,27,28). The average Bonchev–Trinajstić information content (AvgIpc) is 3.41. The molecule has 4 rings (SSSR count). The van der Waals surface area contributed by atoms with Crippen molar-refractivity contribution < 1.29 is 19.2 Å². The van der Waals surface area contributed by atoms with Crippen LogP contribution < -0.4 is 5.32 Å². The van der Waals surface area contributed by atoms with Crippen LogP contribution in [0.1, 0.15) is 81.8 Å². The van der Waals surface area contributed by atoms with E-state index in [4.69, 9.17) is 4.52 Å². The fourth-order valence-electron chi connectivity index (χ4n) is 3.56. The molecule has 1 aromatic carbocycles. The molecule has 0 spiro atoms. The number of hydrogen-bond acceptors (Lipinski definition) is 5. The van der Waals surface area contributed by atoms with Gasteiger partial charge in [-0.2, -0.15) is 0 Å². The van der Waals surface area contributed by atoms with Gasteiger partial charge in [-0.3, -0.25) is 4.79 Å². The summed E-state index contributed by atoms with van der Waals surface area (Å²) in [4.78, 5) is 29.3. The molecule has 1 amide bonds. The van der Waals surface area contributed by atoms with Crippen LogP contribution in [-0.4, -0.2) is 27.1 Å². The number of carboxylic acid groups (broad SMARTS) is 1. The first kappa shape index (κ1) is 19.1. The fraction of sp³-hybridized carbons (Fsp3) is 0.364. The Morgan fingerprint density at radius 1 is 1.14 bits per heavy atom. The molecule has 7 nitrogen and oxygen atoms in total. The van der Waals surface area contributed by atoms with Crippen LogP contribution in [0.4, 0.5) is 5.69 Å².